The molecule has 10 heteroatoms. The third-order valence-corrected chi connectivity index (χ3v) is 10.4. The number of ether oxygens (including phenoxy) is 1. The van der Waals surface area contributed by atoms with Crippen LogP contribution in [0.3, 0.4) is 0 Å². The maximum absolute atomic E-state index is 15.0. The van der Waals surface area contributed by atoms with Crippen molar-refractivity contribution < 1.29 is 13.9 Å². The van der Waals surface area contributed by atoms with Gasteiger partial charge in [-0.15, -0.1) is 9.24 Å². The van der Waals surface area contributed by atoms with Gasteiger partial charge in [0.15, 0.2) is 5.75 Å². The maximum Gasteiger partial charge on any atom is 0.354 e. The molecule has 2 atom stereocenters. The Balaban J connectivity index is 1.44. The lowest BCUT2D eigenvalue weighted by Gasteiger charge is -2.41. The summed E-state index contributed by atoms with van der Waals surface area (Å²) < 4.78 is 23.4. The molecule has 0 radical (unpaired) electrons. The highest BCUT2D eigenvalue weighted by atomic mass is 31.0. The second kappa shape index (κ2) is 10.5. The molecule has 4 aromatic rings. The summed E-state index contributed by atoms with van der Waals surface area (Å²) in [4.78, 5) is 40.3. The SMILES string of the molecule is C=CC(=O)N1CCN(c2nc(=O)n(-c3c(C4CC4)cncc3C3CC3)c3c4c(c(C)cc23)-c2c(ccc(F)c2P)CO4)[C@@H](C)C1. The predicted molar refractivity (Wildman–Crippen MR) is 176 cm³/mol. The normalized spacial score (nSPS) is 19.2. The number of fused-ring (bicyclic) bond motifs is 5. The summed E-state index contributed by atoms with van der Waals surface area (Å²) in [5, 5.41) is 1.28. The number of piperazine rings is 1. The van der Waals surface area contributed by atoms with Gasteiger partial charge in [-0.3, -0.25) is 14.3 Å². The first kappa shape index (κ1) is 28.4. The lowest BCUT2D eigenvalue weighted by atomic mass is 9.91. The van der Waals surface area contributed by atoms with Gasteiger partial charge in [-0.25, -0.2) is 9.18 Å². The molecule has 3 fully saturated rings. The molecular formula is C35H35FN5O3P. The number of rotatable bonds is 5. The van der Waals surface area contributed by atoms with Crippen molar-refractivity contribution in [1.29, 1.82) is 0 Å². The van der Waals surface area contributed by atoms with Crippen LogP contribution in [0.5, 0.6) is 5.75 Å². The molecule has 1 saturated heterocycles. The van der Waals surface area contributed by atoms with Crippen molar-refractivity contribution in [1.82, 2.24) is 19.4 Å². The van der Waals surface area contributed by atoms with Gasteiger partial charge in [-0.2, -0.15) is 4.98 Å². The minimum absolute atomic E-state index is 0.0932. The van der Waals surface area contributed by atoms with E-state index in [1.807, 2.05) is 26.2 Å². The number of anilines is 1. The number of amides is 1. The second-order valence-electron chi connectivity index (χ2n) is 12.9. The van der Waals surface area contributed by atoms with Gasteiger partial charge in [0.25, 0.3) is 0 Å². The third kappa shape index (κ3) is 4.50. The highest BCUT2D eigenvalue weighted by molar-refractivity contribution is 7.28. The predicted octanol–water partition coefficient (Wildman–Crippen LogP) is 5.27. The van der Waals surface area contributed by atoms with Crippen LogP contribution in [-0.2, 0) is 11.4 Å². The molecule has 2 aromatic heterocycles. The molecule has 0 spiro atoms. The Labute approximate surface area is 263 Å². The van der Waals surface area contributed by atoms with Crippen LogP contribution in [0.1, 0.15) is 66.7 Å². The molecular weight excluding hydrogens is 588 g/mol. The zero-order valence-corrected chi connectivity index (χ0v) is 26.6. The number of nitrogens with zero attached hydrogens (tertiary/aromatic N) is 5. The molecule has 2 saturated carbocycles. The number of pyridine rings is 1. The van der Waals surface area contributed by atoms with Gasteiger partial charge in [-0.05, 0) is 91.8 Å². The van der Waals surface area contributed by atoms with E-state index in [0.717, 1.165) is 70.1 Å². The second-order valence-corrected chi connectivity index (χ2v) is 13.5. The molecule has 45 heavy (non-hydrogen) atoms. The Morgan fingerprint density at radius 2 is 1.82 bits per heavy atom. The Kier molecular flexibility index (Phi) is 6.61. The van der Waals surface area contributed by atoms with Gasteiger partial charge in [0, 0.05) is 59.9 Å². The number of carbonyl (C=O) groups excluding carboxylic acids is 1. The zero-order valence-electron chi connectivity index (χ0n) is 25.5. The van der Waals surface area contributed by atoms with Gasteiger partial charge in [0.1, 0.15) is 23.8 Å². The van der Waals surface area contributed by atoms with Crippen LogP contribution in [0.15, 0.2) is 48.0 Å². The van der Waals surface area contributed by atoms with Gasteiger partial charge in [0.05, 0.1) is 5.69 Å². The van der Waals surface area contributed by atoms with Crippen LogP contribution in [0.4, 0.5) is 10.2 Å². The van der Waals surface area contributed by atoms with Gasteiger partial charge in [0.2, 0.25) is 5.91 Å². The fourth-order valence-electron chi connectivity index (χ4n) is 7.28. The Hall–Kier alpha value is -4.10. The van der Waals surface area contributed by atoms with E-state index >= 15 is 4.39 Å². The molecule has 8 rings (SSSR count). The fraction of sp³-hybridized carbons (Fsp3) is 0.371. The maximum atomic E-state index is 15.0. The van der Waals surface area contributed by atoms with Crippen LogP contribution in [-0.4, -0.2) is 51.0 Å². The smallest absolute Gasteiger partial charge is 0.354 e. The number of halogens is 1. The number of benzene rings is 2. The molecule has 230 valence electrons. The first-order chi connectivity index (χ1) is 21.8. The van der Waals surface area contributed by atoms with Crippen LogP contribution >= 0.6 is 9.24 Å². The number of hydrogen-bond acceptors (Lipinski definition) is 6. The third-order valence-electron chi connectivity index (χ3n) is 9.83. The van der Waals surface area contributed by atoms with Crippen molar-refractivity contribution in [2.75, 3.05) is 24.5 Å². The van der Waals surface area contributed by atoms with E-state index in [0.29, 0.717) is 53.9 Å². The standard InChI is InChI=1S/C35H35FN5O3P/c1-4-27(42)39-11-12-40(19(3)16-39)34-23-13-18(2)28-29-22(9-10-26(36)33(29)45)17-44-32(28)31(23)41(35(43)38-34)30-24(20-5-6-20)14-37-15-25(30)21-7-8-21/h4,9-10,13-15,19-21H,1,5-8,11-12,16-17,45H2,2-3H3/t19-/m0/s1. The van der Waals surface area contributed by atoms with Crippen molar-refractivity contribution in [3.63, 3.8) is 0 Å². The molecule has 2 aliphatic carbocycles. The molecule has 4 aliphatic rings. The highest BCUT2D eigenvalue weighted by Gasteiger charge is 2.37. The Bertz CT molecular complexity index is 1970. The summed E-state index contributed by atoms with van der Waals surface area (Å²) in [5.41, 5.74) is 6.70. The van der Waals surface area contributed by atoms with E-state index in [1.54, 1.807) is 15.5 Å². The van der Waals surface area contributed by atoms with Crippen molar-refractivity contribution >= 4 is 37.2 Å². The van der Waals surface area contributed by atoms with Gasteiger partial charge >= 0.3 is 5.69 Å². The van der Waals surface area contributed by atoms with Crippen molar-refractivity contribution in [3.05, 3.63) is 81.8 Å². The summed E-state index contributed by atoms with van der Waals surface area (Å²) in [6.07, 6.45) is 9.40. The lowest BCUT2D eigenvalue weighted by Crippen LogP contribution is -2.54. The van der Waals surface area contributed by atoms with E-state index in [1.165, 1.54) is 12.1 Å². The average molecular weight is 624 g/mol. The number of hydrogen-bond donors (Lipinski definition) is 0. The summed E-state index contributed by atoms with van der Waals surface area (Å²) in [5.74, 6) is 1.43. The molecule has 8 nitrogen and oxygen atoms in total. The van der Waals surface area contributed by atoms with Crippen molar-refractivity contribution in [2.45, 2.75) is 64.0 Å². The van der Waals surface area contributed by atoms with Crippen molar-refractivity contribution in [3.8, 4) is 22.6 Å². The number of carbonyl (C=O) groups is 1. The van der Waals surface area contributed by atoms with E-state index in [-0.39, 0.29) is 30.1 Å². The monoisotopic (exact) mass is 623 g/mol. The Morgan fingerprint density at radius 1 is 1.11 bits per heavy atom. The zero-order chi connectivity index (χ0) is 31.1. The van der Waals surface area contributed by atoms with Crippen LogP contribution < -0.4 is 20.6 Å². The summed E-state index contributed by atoms with van der Waals surface area (Å²) in [6.45, 7) is 9.46. The molecule has 4 heterocycles. The highest BCUT2D eigenvalue weighted by Crippen LogP contribution is 2.51. The topological polar surface area (TPSA) is 80.6 Å². The minimum atomic E-state index is -0.380. The number of aromatic nitrogens is 3. The van der Waals surface area contributed by atoms with E-state index < -0.39 is 0 Å². The molecule has 2 aliphatic heterocycles. The largest absolute Gasteiger partial charge is 0.486 e. The molecule has 1 amide bonds. The molecule has 2 aromatic carbocycles. The van der Waals surface area contributed by atoms with E-state index in [4.69, 9.17) is 9.72 Å². The number of aryl methyl sites for hydroxylation is 1. The summed E-state index contributed by atoms with van der Waals surface area (Å²) >= 11 is 0. The van der Waals surface area contributed by atoms with E-state index in [9.17, 15) is 9.59 Å². The lowest BCUT2D eigenvalue weighted by molar-refractivity contribution is -0.126. The van der Waals surface area contributed by atoms with Crippen LogP contribution in [0, 0.1) is 12.7 Å². The fourth-order valence-corrected chi connectivity index (χ4v) is 7.71. The minimum Gasteiger partial charge on any atom is -0.486 e. The van der Waals surface area contributed by atoms with Crippen LogP contribution in [0.2, 0.25) is 0 Å². The first-order valence-corrected chi connectivity index (χ1v) is 16.3. The van der Waals surface area contributed by atoms with Gasteiger partial charge < -0.3 is 14.5 Å². The van der Waals surface area contributed by atoms with Crippen molar-refractivity contribution in [2.24, 2.45) is 0 Å². The van der Waals surface area contributed by atoms with E-state index in [2.05, 4.69) is 31.8 Å². The molecule has 0 N–H and O–H groups in total. The molecule has 0 bridgehead atoms. The van der Waals surface area contributed by atoms with Gasteiger partial charge in [-0.1, -0.05) is 12.6 Å². The quantitative estimate of drug-likeness (QED) is 0.223. The summed E-state index contributed by atoms with van der Waals surface area (Å²) in [7, 11) is 2.57. The molecule has 1 unspecified atom stereocenters. The van der Waals surface area contributed by atoms with Crippen LogP contribution in [0.25, 0.3) is 27.7 Å². The summed E-state index contributed by atoms with van der Waals surface area (Å²) in [6, 6.07) is 5.23. The average Bonchev–Trinajstić information content (AvgIpc) is 3.96. The first-order valence-electron chi connectivity index (χ1n) is 15.7. The Morgan fingerprint density at radius 3 is 2.47 bits per heavy atom.